The maximum Gasteiger partial charge on any atom is 0.291 e. The molecule has 1 N–H and O–H groups in total. The Morgan fingerprint density at radius 1 is 1.14 bits per heavy atom. The van der Waals surface area contributed by atoms with Crippen LogP contribution in [0, 0.1) is 4.84 Å². The number of thiazole rings is 1. The maximum absolute atomic E-state index is 5.76. The molecule has 5 rings (SSSR count). The van der Waals surface area contributed by atoms with Crippen LogP contribution in [0.5, 0.6) is 0 Å². The number of benzene rings is 2. The maximum atomic E-state index is 5.76. The van der Waals surface area contributed by atoms with Crippen molar-refractivity contribution < 1.29 is 9.32 Å². The van der Waals surface area contributed by atoms with Gasteiger partial charge in [0.2, 0.25) is 5.89 Å². The van der Waals surface area contributed by atoms with Crippen molar-refractivity contribution in [1.29, 1.82) is 0 Å². The predicted molar refractivity (Wildman–Crippen MR) is 112 cm³/mol. The minimum Gasteiger partial charge on any atom is -0.413 e. The molecule has 1 fully saturated rings. The first-order chi connectivity index (χ1) is 13.8. The van der Waals surface area contributed by atoms with Crippen LogP contribution in [0.3, 0.4) is 0 Å². The van der Waals surface area contributed by atoms with E-state index in [1.807, 2.05) is 40.3 Å². The van der Waals surface area contributed by atoms with Crippen molar-refractivity contribution in [3.8, 4) is 0 Å². The average Bonchev–Trinajstić information content (AvgIpc) is 3.41. The molecule has 4 aromatic rings. The van der Waals surface area contributed by atoms with Gasteiger partial charge in [-0.05, 0) is 29.9 Å². The van der Waals surface area contributed by atoms with Crippen LogP contribution in [0.2, 0.25) is 0 Å². The largest absolute Gasteiger partial charge is 0.413 e. The smallest absolute Gasteiger partial charge is 0.291 e. The number of rotatable bonds is 5. The lowest BCUT2D eigenvalue weighted by molar-refractivity contribution is -0.941. The summed E-state index contributed by atoms with van der Waals surface area (Å²) in [6.07, 6.45) is 3.00. The van der Waals surface area contributed by atoms with Gasteiger partial charge in [-0.25, -0.2) is 4.98 Å². The lowest BCUT2D eigenvalue weighted by Crippen LogP contribution is -3.09. The van der Waals surface area contributed by atoms with E-state index in [4.69, 9.17) is 21.6 Å². The molecule has 0 saturated carbocycles. The van der Waals surface area contributed by atoms with Gasteiger partial charge < -0.3 is 9.32 Å². The standard InChI is InChI=1S/C21H20N4OS2/c27-21-25(23-19(26-21)13-15-7-2-1-3-8-15)14-24-12-6-10-17(24)20-22-16-9-4-5-11-18(16)28-20/h1-5,7-9,11,17H,6,10,12-14H2/p+1/t17-/m1/s1. The van der Waals surface area contributed by atoms with Crippen LogP contribution < -0.4 is 4.90 Å². The third-order valence-electron chi connectivity index (χ3n) is 5.29. The highest BCUT2D eigenvalue weighted by atomic mass is 32.1. The van der Waals surface area contributed by atoms with Gasteiger partial charge in [0.15, 0.2) is 11.7 Å². The minimum absolute atomic E-state index is 0.397. The Kier molecular flexibility index (Phi) is 4.80. The van der Waals surface area contributed by atoms with Gasteiger partial charge in [0.1, 0.15) is 6.04 Å². The molecule has 2 aromatic heterocycles. The molecule has 0 radical (unpaired) electrons. The van der Waals surface area contributed by atoms with Crippen molar-refractivity contribution >= 4 is 33.8 Å². The number of aromatic nitrogens is 3. The van der Waals surface area contributed by atoms with Gasteiger partial charge in [0.05, 0.1) is 23.2 Å². The van der Waals surface area contributed by atoms with Crippen LogP contribution in [-0.4, -0.2) is 21.3 Å². The van der Waals surface area contributed by atoms with Crippen molar-refractivity contribution in [1.82, 2.24) is 14.8 Å². The van der Waals surface area contributed by atoms with Gasteiger partial charge in [0, 0.05) is 12.8 Å². The Balaban J connectivity index is 1.35. The fourth-order valence-corrected chi connectivity index (χ4v) is 5.28. The summed E-state index contributed by atoms with van der Waals surface area (Å²) >= 11 is 7.25. The first-order valence-corrected chi connectivity index (χ1v) is 10.8. The Morgan fingerprint density at radius 3 is 2.82 bits per heavy atom. The molecule has 1 aliphatic heterocycles. The van der Waals surface area contributed by atoms with Gasteiger partial charge >= 0.3 is 0 Å². The second-order valence-electron chi connectivity index (χ2n) is 7.20. The van der Waals surface area contributed by atoms with Crippen molar-refractivity contribution in [2.45, 2.75) is 32.0 Å². The van der Waals surface area contributed by atoms with Crippen LogP contribution in [-0.2, 0) is 13.1 Å². The second-order valence-corrected chi connectivity index (χ2v) is 8.62. The van der Waals surface area contributed by atoms with Crippen LogP contribution in [0.25, 0.3) is 10.2 Å². The van der Waals surface area contributed by atoms with Gasteiger partial charge in [0.25, 0.3) is 4.84 Å². The van der Waals surface area contributed by atoms with Gasteiger partial charge in [-0.1, -0.05) is 42.5 Å². The third kappa shape index (κ3) is 3.53. The molecule has 3 heterocycles. The van der Waals surface area contributed by atoms with Crippen LogP contribution in [0.1, 0.15) is 35.3 Å². The highest BCUT2D eigenvalue weighted by Crippen LogP contribution is 2.28. The number of hydrogen-bond donors (Lipinski definition) is 1. The summed E-state index contributed by atoms with van der Waals surface area (Å²) in [6.45, 7) is 1.82. The van der Waals surface area contributed by atoms with Crippen LogP contribution in [0.4, 0.5) is 0 Å². The zero-order valence-electron chi connectivity index (χ0n) is 15.4. The molecular formula is C21H21N4OS2+. The number of nitrogens with one attached hydrogen (secondary N) is 1. The quantitative estimate of drug-likeness (QED) is 0.510. The molecule has 1 saturated heterocycles. The first kappa shape index (κ1) is 17.7. The molecule has 28 heavy (non-hydrogen) atoms. The second kappa shape index (κ2) is 7.58. The van der Waals surface area contributed by atoms with Crippen LogP contribution >= 0.6 is 23.6 Å². The molecule has 1 aliphatic rings. The summed E-state index contributed by atoms with van der Waals surface area (Å²) in [7, 11) is 0. The number of quaternary nitrogens is 1. The van der Waals surface area contributed by atoms with Crippen molar-refractivity contribution in [3.63, 3.8) is 0 Å². The molecule has 7 heteroatoms. The van der Waals surface area contributed by atoms with E-state index in [0.29, 0.717) is 23.2 Å². The van der Waals surface area contributed by atoms with E-state index in [2.05, 4.69) is 35.4 Å². The Bertz CT molecular complexity index is 1110. The molecule has 0 bridgehead atoms. The fraction of sp³-hybridized carbons (Fsp3) is 0.286. The van der Waals surface area contributed by atoms with Crippen LogP contribution in [0.15, 0.2) is 59.0 Å². The Morgan fingerprint density at radius 2 is 1.96 bits per heavy atom. The van der Waals surface area contributed by atoms with E-state index < -0.39 is 0 Å². The molecule has 2 aromatic carbocycles. The van der Waals surface area contributed by atoms with Crippen molar-refractivity contribution in [2.75, 3.05) is 6.54 Å². The zero-order chi connectivity index (χ0) is 18.9. The van der Waals surface area contributed by atoms with E-state index >= 15 is 0 Å². The molecule has 1 unspecified atom stereocenters. The number of para-hydroxylation sites is 1. The van der Waals surface area contributed by atoms with Gasteiger partial charge in [-0.2, -0.15) is 4.68 Å². The number of nitrogens with zero attached hydrogens (tertiary/aromatic N) is 3. The molecule has 142 valence electrons. The van der Waals surface area contributed by atoms with Crippen molar-refractivity contribution in [3.05, 3.63) is 75.9 Å². The normalized spacial score (nSPS) is 19.4. The minimum atomic E-state index is 0.397. The van der Waals surface area contributed by atoms with Crippen molar-refractivity contribution in [2.24, 2.45) is 0 Å². The van der Waals surface area contributed by atoms with E-state index in [1.54, 1.807) is 0 Å². The van der Waals surface area contributed by atoms with Gasteiger partial charge in [-0.3, -0.25) is 0 Å². The Hall–Kier alpha value is -2.35. The summed E-state index contributed by atoms with van der Waals surface area (Å²) in [4.78, 5) is 6.79. The summed E-state index contributed by atoms with van der Waals surface area (Å²) in [5.41, 5.74) is 2.27. The number of hydrogen-bond acceptors (Lipinski definition) is 5. The topological polar surface area (TPSA) is 48.3 Å². The monoisotopic (exact) mass is 409 g/mol. The lowest BCUT2D eigenvalue weighted by Gasteiger charge is -2.18. The van der Waals surface area contributed by atoms with E-state index in [-0.39, 0.29) is 0 Å². The highest BCUT2D eigenvalue weighted by molar-refractivity contribution is 7.71. The summed E-state index contributed by atoms with van der Waals surface area (Å²) in [5, 5.41) is 5.86. The molecule has 0 amide bonds. The van der Waals surface area contributed by atoms with E-state index in [0.717, 1.165) is 25.2 Å². The average molecular weight is 410 g/mol. The highest BCUT2D eigenvalue weighted by Gasteiger charge is 2.33. The zero-order valence-corrected chi connectivity index (χ0v) is 17.0. The van der Waals surface area contributed by atoms with Gasteiger partial charge in [-0.15, -0.1) is 16.4 Å². The summed E-state index contributed by atoms with van der Waals surface area (Å²) in [5.74, 6) is 0.673. The number of fused-ring (bicyclic) bond motifs is 1. The summed E-state index contributed by atoms with van der Waals surface area (Å²) < 4.78 is 8.86. The SMILES string of the molecule is S=c1oc(Cc2ccccc2)nn1C[NH+]1CCC[C@@H]1c1nc2ccccc2s1. The number of likely N-dealkylation sites (tertiary alicyclic amines) is 1. The first-order valence-electron chi connectivity index (χ1n) is 9.57. The van der Waals surface area contributed by atoms with E-state index in [1.165, 1.54) is 26.6 Å². The van der Waals surface area contributed by atoms with E-state index in [9.17, 15) is 0 Å². The Labute approximate surface area is 172 Å². The molecule has 0 aliphatic carbocycles. The molecule has 2 atom stereocenters. The predicted octanol–water partition coefficient (Wildman–Crippen LogP) is 3.78. The molecule has 0 spiro atoms. The summed E-state index contributed by atoms with van der Waals surface area (Å²) in [6, 6.07) is 19.0. The third-order valence-corrected chi connectivity index (χ3v) is 6.74. The fourth-order valence-electron chi connectivity index (χ4n) is 3.92. The lowest BCUT2D eigenvalue weighted by atomic mass is 10.2. The molecule has 5 nitrogen and oxygen atoms in total. The molecular weight excluding hydrogens is 388 g/mol.